The third kappa shape index (κ3) is 1.68. The predicted octanol–water partition coefficient (Wildman–Crippen LogP) is 6.08. The van der Waals surface area contributed by atoms with E-state index in [1.54, 1.807) is 0 Å². The zero-order valence-corrected chi connectivity index (χ0v) is 12.4. The second-order valence-corrected chi connectivity index (χ2v) is 4.90. The van der Waals surface area contributed by atoms with Gasteiger partial charge in [0.1, 0.15) is 0 Å². The van der Waals surface area contributed by atoms with Gasteiger partial charge in [0.05, 0.1) is 0 Å². The molecule has 0 saturated heterocycles. The smallest absolute Gasteiger partial charge is 0.00236 e. The van der Waals surface area contributed by atoms with Gasteiger partial charge in [-0.15, -0.1) is 0 Å². The highest BCUT2D eigenvalue weighted by molar-refractivity contribution is 6.15. The van der Waals surface area contributed by atoms with Gasteiger partial charge in [-0.3, -0.25) is 0 Å². The van der Waals surface area contributed by atoms with Crippen LogP contribution in [0, 0.1) is 0 Å². The summed E-state index contributed by atoms with van der Waals surface area (Å²) in [5, 5.41) is 2.86. The highest BCUT2D eigenvalue weighted by atomic mass is 14.2. The first kappa shape index (κ1) is 12.9. The molecule has 100 valence electrons. The lowest BCUT2D eigenvalue weighted by Gasteiger charge is -2.06. The summed E-state index contributed by atoms with van der Waals surface area (Å²) in [6.45, 7) is 6.23. The minimum atomic E-state index is 1.09. The Morgan fingerprint density at radius 3 is 1.90 bits per heavy atom. The molecule has 0 amide bonds. The van der Waals surface area contributed by atoms with Crippen LogP contribution in [0.15, 0.2) is 54.6 Å². The van der Waals surface area contributed by atoms with Crippen molar-refractivity contribution in [1.82, 2.24) is 0 Å². The lowest BCUT2D eigenvalue weighted by Crippen LogP contribution is -1.84. The standard InChI is InChI=1S/C18H14.C2H6/c1-2-12-10-11-17-15-7-4-3-6-14(15)16-9-5-8-13(12)18(16)17;1-2/h3-11H,2H2,1H3;1-2H3. The normalized spacial score (nSPS) is 10.9. The van der Waals surface area contributed by atoms with Gasteiger partial charge in [-0.05, 0) is 45.0 Å². The number of benzene rings is 3. The predicted molar refractivity (Wildman–Crippen MR) is 89.1 cm³/mol. The minimum absolute atomic E-state index is 1.09. The van der Waals surface area contributed by atoms with Crippen molar-refractivity contribution in [2.24, 2.45) is 0 Å². The van der Waals surface area contributed by atoms with Crippen molar-refractivity contribution >= 4 is 10.8 Å². The summed E-state index contributed by atoms with van der Waals surface area (Å²) in [4.78, 5) is 0. The summed E-state index contributed by atoms with van der Waals surface area (Å²) in [6, 6.07) is 20.0. The fourth-order valence-electron chi connectivity index (χ4n) is 3.18. The zero-order chi connectivity index (χ0) is 14.1. The minimum Gasteiger partial charge on any atom is -0.0683 e. The van der Waals surface area contributed by atoms with E-state index in [1.165, 1.54) is 38.6 Å². The van der Waals surface area contributed by atoms with Crippen LogP contribution >= 0.6 is 0 Å². The van der Waals surface area contributed by atoms with E-state index in [1.807, 2.05) is 13.8 Å². The average Bonchev–Trinajstić information content (AvgIpc) is 2.87. The maximum atomic E-state index is 2.29. The van der Waals surface area contributed by atoms with Crippen LogP contribution in [0.3, 0.4) is 0 Å². The van der Waals surface area contributed by atoms with Crippen molar-refractivity contribution in [2.45, 2.75) is 27.2 Å². The van der Waals surface area contributed by atoms with Gasteiger partial charge in [0, 0.05) is 0 Å². The molecule has 0 heteroatoms. The van der Waals surface area contributed by atoms with E-state index in [-0.39, 0.29) is 0 Å². The van der Waals surface area contributed by atoms with Gasteiger partial charge in [-0.25, -0.2) is 0 Å². The molecular formula is C20H20. The molecule has 0 radical (unpaired) electrons. The Bertz CT molecular complexity index is 737. The first-order valence-corrected chi connectivity index (χ1v) is 7.54. The van der Waals surface area contributed by atoms with Crippen LogP contribution in [0.2, 0.25) is 0 Å². The molecule has 0 N–H and O–H groups in total. The maximum absolute atomic E-state index is 2.29. The number of aryl methyl sites for hydroxylation is 1. The number of fused-ring (bicyclic) bond motifs is 3. The van der Waals surface area contributed by atoms with Crippen LogP contribution in [0.1, 0.15) is 26.3 Å². The Morgan fingerprint density at radius 1 is 0.650 bits per heavy atom. The summed E-state index contributed by atoms with van der Waals surface area (Å²) in [6.07, 6.45) is 1.09. The van der Waals surface area contributed by atoms with E-state index in [0.29, 0.717) is 0 Å². The van der Waals surface area contributed by atoms with Gasteiger partial charge >= 0.3 is 0 Å². The molecule has 0 spiro atoms. The molecule has 0 fully saturated rings. The van der Waals surface area contributed by atoms with E-state index >= 15 is 0 Å². The number of hydrogen-bond acceptors (Lipinski definition) is 0. The summed E-state index contributed by atoms with van der Waals surface area (Å²) >= 11 is 0. The number of rotatable bonds is 1. The molecule has 0 saturated carbocycles. The molecule has 0 heterocycles. The molecule has 0 unspecified atom stereocenters. The van der Waals surface area contributed by atoms with Crippen LogP contribution in [-0.2, 0) is 6.42 Å². The molecule has 0 bridgehead atoms. The molecule has 1 aliphatic rings. The van der Waals surface area contributed by atoms with E-state index in [0.717, 1.165) is 6.42 Å². The molecule has 20 heavy (non-hydrogen) atoms. The van der Waals surface area contributed by atoms with E-state index in [9.17, 15) is 0 Å². The van der Waals surface area contributed by atoms with Crippen LogP contribution in [0.25, 0.3) is 33.0 Å². The number of hydrogen-bond donors (Lipinski definition) is 0. The Balaban J connectivity index is 0.000000581. The third-order valence-electron chi connectivity index (χ3n) is 4.02. The molecule has 3 aromatic carbocycles. The molecular weight excluding hydrogens is 240 g/mol. The molecule has 0 aliphatic heterocycles. The average molecular weight is 260 g/mol. The maximum Gasteiger partial charge on any atom is -0.00236 e. The van der Waals surface area contributed by atoms with E-state index < -0.39 is 0 Å². The molecule has 0 atom stereocenters. The van der Waals surface area contributed by atoms with Crippen molar-refractivity contribution < 1.29 is 0 Å². The van der Waals surface area contributed by atoms with Gasteiger partial charge in [0.25, 0.3) is 0 Å². The van der Waals surface area contributed by atoms with Gasteiger partial charge in [-0.2, -0.15) is 0 Å². The Kier molecular flexibility index (Phi) is 3.31. The second-order valence-electron chi connectivity index (χ2n) is 4.90. The van der Waals surface area contributed by atoms with Crippen molar-refractivity contribution in [3.63, 3.8) is 0 Å². The molecule has 3 aromatic rings. The van der Waals surface area contributed by atoms with Crippen molar-refractivity contribution in [2.75, 3.05) is 0 Å². The van der Waals surface area contributed by atoms with Crippen LogP contribution in [0.4, 0.5) is 0 Å². The topological polar surface area (TPSA) is 0 Å². The fraction of sp³-hybridized carbons (Fsp3) is 0.200. The SMILES string of the molecule is CC.CCc1ccc2c3c(cccc13)-c1ccccc1-2. The summed E-state index contributed by atoms with van der Waals surface area (Å²) < 4.78 is 0. The van der Waals surface area contributed by atoms with Crippen LogP contribution in [0.5, 0.6) is 0 Å². The van der Waals surface area contributed by atoms with E-state index in [4.69, 9.17) is 0 Å². The summed E-state index contributed by atoms with van der Waals surface area (Å²) in [5.41, 5.74) is 7.00. The van der Waals surface area contributed by atoms with Gasteiger partial charge in [0.2, 0.25) is 0 Å². The van der Waals surface area contributed by atoms with Gasteiger partial charge < -0.3 is 0 Å². The van der Waals surface area contributed by atoms with E-state index in [2.05, 4.69) is 61.5 Å². The van der Waals surface area contributed by atoms with Gasteiger partial charge in [-0.1, -0.05) is 75.4 Å². The molecule has 0 nitrogen and oxygen atoms in total. The summed E-state index contributed by atoms with van der Waals surface area (Å²) in [7, 11) is 0. The van der Waals surface area contributed by atoms with Crippen LogP contribution in [-0.4, -0.2) is 0 Å². The third-order valence-corrected chi connectivity index (χ3v) is 4.02. The molecule has 0 aromatic heterocycles. The Labute approximate surface area is 121 Å². The van der Waals surface area contributed by atoms with Crippen LogP contribution < -0.4 is 0 Å². The second kappa shape index (κ2) is 5.13. The Hall–Kier alpha value is -2.08. The highest BCUT2D eigenvalue weighted by Gasteiger charge is 2.20. The largest absolute Gasteiger partial charge is 0.0683 e. The van der Waals surface area contributed by atoms with Crippen molar-refractivity contribution in [3.05, 3.63) is 60.2 Å². The fourth-order valence-corrected chi connectivity index (χ4v) is 3.18. The zero-order valence-electron chi connectivity index (χ0n) is 12.4. The molecule has 4 rings (SSSR count). The Morgan fingerprint density at radius 2 is 1.25 bits per heavy atom. The molecule has 1 aliphatic carbocycles. The van der Waals surface area contributed by atoms with Crippen molar-refractivity contribution in [1.29, 1.82) is 0 Å². The monoisotopic (exact) mass is 260 g/mol. The lowest BCUT2D eigenvalue weighted by molar-refractivity contribution is 1.16. The van der Waals surface area contributed by atoms with Gasteiger partial charge in [0.15, 0.2) is 0 Å². The lowest BCUT2D eigenvalue weighted by atomic mass is 9.97. The van der Waals surface area contributed by atoms with Crippen molar-refractivity contribution in [3.8, 4) is 22.3 Å². The summed E-state index contributed by atoms with van der Waals surface area (Å²) in [5.74, 6) is 0. The highest BCUT2D eigenvalue weighted by Crippen LogP contribution is 2.47. The first-order chi connectivity index (χ1) is 9.90. The quantitative estimate of drug-likeness (QED) is 0.389. The first-order valence-electron chi connectivity index (χ1n) is 7.54.